The second kappa shape index (κ2) is 7.82. The summed E-state index contributed by atoms with van der Waals surface area (Å²) in [5, 5.41) is 6.07. The van der Waals surface area contributed by atoms with Crippen LogP contribution in [0.2, 0.25) is 10.0 Å². The van der Waals surface area contributed by atoms with Crippen molar-refractivity contribution in [3.05, 3.63) is 64.1 Å². The molecule has 0 atom stereocenters. The molecule has 114 valence electrons. The minimum Gasteiger partial charge on any atom is -0.347 e. The van der Waals surface area contributed by atoms with Gasteiger partial charge < -0.3 is 10.6 Å². The summed E-state index contributed by atoms with van der Waals surface area (Å²) in [5.41, 5.74) is 1.22. The summed E-state index contributed by atoms with van der Waals surface area (Å²) in [6.07, 6.45) is 0.0249. The van der Waals surface area contributed by atoms with Crippen molar-refractivity contribution < 1.29 is 9.59 Å². The molecule has 0 aromatic heterocycles. The number of benzene rings is 2. The summed E-state index contributed by atoms with van der Waals surface area (Å²) >= 11 is 12.0. The first-order chi connectivity index (χ1) is 10.6. The van der Waals surface area contributed by atoms with Crippen LogP contribution in [0.15, 0.2) is 48.5 Å². The molecule has 0 saturated carbocycles. The molecule has 4 nitrogen and oxygen atoms in total. The molecule has 2 amide bonds. The van der Waals surface area contributed by atoms with Gasteiger partial charge >= 0.3 is 0 Å². The number of hydrogen-bond acceptors (Lipinski definition) is 2. The lowest BCUT2D eigenvalue weighted by Gasteiger charge is -2.09. The van der Waals surface area contributed by atoms with E-state index in [0.717, 1.165) is 0 Å². The Kier molecular flexibility index (Phi) is 5.81. The van der Waals surface area contributed by atoms with Crippen molar-refractivity contribution in [2.24, 2.45) is 0 Å². The van der Waals surface area contributed by atoms with E-state index in [1.54, 1.807) is 30.3 Å². The molecule has 0 saturated heterocycles. The maximum atomic E-state index is 11.9. The van der Waals surface area contributed by atoms with E-state index in [2.05, 4.69) is 10.6 Å². The molecule has 0 aliphatic rings. The molecular weight excluding hydrogens is 323 g/mol. The third-order valence-corrected chi connectivity index (χ3v) is 3.61. The molecule has 0 bridgehead atoms. The number of amides is 2. The molecule has 2 rings (SSSR count). The number of nitrogens with one attached hydrogen (secondary N) is 2. The zero-order valence-corrected chi connectivity index (χ0v) is 13.1. The molecule has 0 radical (unpaired) electrons. The van der Waals surface area contributed by atoms with Crippen LogP contribution in [0, 0.1) is 0 Å². The van der Waals surface area contributed by atoms with Crippen molar-refractivity contribution >= 4 is 40.7 Å². The quantitative estimate of drug-likeness (QED) is 0.880. The van der Waals surface area contributed by atoms with E-state index in [1.165, 1.54) is 0 Å². The zero-order chi connectivity index (χ0) is 15.9. The molecule has 22 heavy (non-hydrogen) atoms. The lowest BCUT2D eigenvalue weighted by molar-refractivity contribution is -0.123. The SMILES string of the molecule is O=C(Cc1c(Cl)cccc1Cl)NCC(=O)Nc1ccccc1. The number of rotatable bonds is 5. The van der Waals surface area contributed by atoms with Crippen LogP contribution in [0.5, 0.6) is 0 Å². The van der Waals surface area contributed by atoms with Crippen molar-refractivity contribution in [1.82, 2.24) is 5.32 Å². The first-order valence-corrected chi connectivity index (χ1v) is 7.36. The normalized spacial score (nSPS) is 10.1. The van der Waals surface area contributed by atoms with Gasteiger partial charge in [0.25, 0.3) is 0 Å². The van der Waals surface area contributed by atoms with Crippen molar-refractivity contribution in [1.29, 1.82) is 0 Å². The summed E-state index contributed by atoms with van der Waals surface area (Å²) in [6, 6.07) is 14.0. The number of hydrogen-bond donors (Lipinski definition) is 2. The minimum absolute atomic E-state index is 0.0249. The van der Waals surface area contributed by atoms with Gasteiger partial charge in [0.15, 0.2) is 0 Å². The van der Waals surface area contributed by atoms with Crippen LogP contribution < -0.4 is 10.6 Å². The molecule has 2 aromatic carbocycles. The van der Waals surface area contributed by atoms with Crippen LogP contribution >= 0.6 is 23.2 Å². The van der Waals surface area contributed by atoms with E-state index in [0.29, 0.717) is 21.3 Å². The van der Waals surface area contributed by atoms with Crippen molar-refractivity contribution in [2.75, 3.05) is 11.9 Å². The number of carbonyl (C=O) groups is 2. The zero-order valence-electron chi connectivity index (χ0n) is 11.6. The highest BCUT2D eigenvalue weighted by molar-refractivity contribution is 6.36. The van der Waals surface area contributed by atoms with Crippen LogP contribution in [0.25, 0.3) is 0 Å². The number of halogens is 2. The lowest BCUT2D eigenvalue weighted by Crippen LogP contribution is -2.33. The average molecular weight is 337 g/mol. The molecule has 0 unspecified atom stereocenters. The summed E-state index contributed by atoms with van der Waals surface area (Å²) < 4.78 is 0. The number of para-hydroxylation sites is 1. The molecule has 6 heteroatoms. The van der Waals surface area contributed by atoms with Gasteiger partial charge in [-0.15, -0.1) is 0 Å². The molecule has 0 spiro atoms. The van der Waals surface area contributed by atoms with Gasteiger partial charge in [0.2, 0.25) is 11.8 Å². The fourth-order valence-corrected chi connectivity index (χ4v) is 2.36. The predicted molar refractivity (Wildman–Crippen MR) is 88.2 cm³/mol. The van der Waals surface area contributed by atoms with E-state index >= 15 is 0 Å². The summed E-state index contributed by atoms with van der Waals surface area (Å²) in [4.78, 5) is 23.6. The van der Waals surface area contributed by atoms with Gasteiger partial charge in [-0.3, -0.25) is 9.59 Å². The Bertz CT molecular complexity index is 655. The van der Waals surface area contributed by atoms with Gasteiger partial charge in [-0.1, -0.05) is 47.5 Å². The third-order valence-electron chi connectivity index (χ3n) is 2.90. The first-order valence-electron chi connectivity index (χ1n) is 6.61. The van der Waals surface area contributed by atoms with E-state index in [4.69, 9.17) is 23.2 Å². The Hall–Kier alpha value is -2.04. The van der Waals surface area contributed by atoms with Crippen molar-refractivity contribution in [2.45, 2.75) is 6.42 Å². The van der Waals surface area contributed by atoms with Gasteiger partial charge in [-0.25, -0.2) is 0 Å². The van der Waals surface area contributed by atoms with E-state index in [-0.39, 0.29) is 24.8 Å². The summed E-state index contributed by atoms with van der Waals surface area (Å²) in [5.74, 6) is -0.622. The average Bonchev–Trinajstić information content (AvgIpc) is 2.50. The fourth-order valence-electron chi connectivity index (χ4n) is 1.83. The molecule has 2 aromatic rings. The van der Waals surface area contributed by atoms with E-state index in [9.17, 15) is 9.59 Å². The third kappa shape index (κ3) is 4.76. The maximum Gasteiger partial charge on any atom is 0.243 e. The van der Waals surface area contributed by atoms with Crippen molar-refractivity contribution in [3.8, 4) is 0 Å². The molecule has 0 heterocycles. The molecule has 2 N–H and O–H groups in total. The summed E-state index contributed by atoms with van der Waals surface area (Å²) in [6.45, 7) is -0.115. The molecular formula is C16H14Cl2N2O2. The second-order valence-corrected chi connectivity index (χ2v) is 5.38. The summed E-state index contributed by atoms with van der Waals surface area (Å²) in [7, 11) is 0. The second-order valence-electron chi connectivity index (χ2n) is 4.57. The monoisotopic (exact) mass is 336 g/mol. The first kappa shape index (κ1) is 16.3. The van der Waals surface area contributed by atoms with E-state index in [1.807, 2.05) is 18.2 Å². The van der Waals surface area contributed by atoms with Crippen LogP contribution in [0.3, 0.4) is 0 Å². The number of carbonyl (C=O) groups excluding carboxylic acids is 2. The highest BCUT2D eigenvalue weighted by atomic mass is 35.5. The van der Waals surface area contributed by atoms with Gasteiger partial charge in [-0.05, 0) is 29.8 Å². The lowest BCUT2D eigenvalue weighted by atomic mass is 10.1. The van der Waals surface area contributed by atoms with Gasteiger partial charge in [-0.2, -0.15) is 0 Å². The van der Waals surface area contributed by atoms with Crippen LogP contribution in [-0.2, 0) is 16.0 Å². The van der Waals surface area contributed by atoms with E-state index < -0.39 is 0 Å². The smallest absolute Gasteiger partial charge is 0.243 e. The molecule has 0 aliphatic heterocycles. The predicted octanol–water partition coefficient (Wildman–Crippen LogP) is 3.29. The van der Waals surface area contributed by atoms with Gasteiger partial charge in [0.1, 0.15) is 0 Å². The van der Waals surface area contributed by atoms with Crippen LogP contribution in [-0.4, -0.2) is 18.4 Å². The Morgan fingerprint density at radius 2 is 1.50 bits per heavy atom. The highest BCUT2D eigenvalue weighted by Gasteiger charge is 2.11. The van der Waals surface area contributed by atoms with Crippen LogP contribution in [0.1, 0.15) is 5.56 Å². The Morgan fingerprint density at radius 1 is 0.864 bits per heavy atom. The van der Waals surface area contributed by atoms with Gasteiger partial charge in [0, 0.05) is 15.7 Å². The highest BCUT2D eigenvalue weighted by Crippen LogP contribution is 2.24. The fraction of sp³-hybridized carbons (Fsp3) is 0.125. The Labute approximate surface area is 138 Å². The Morgan fingerprint density at radius 3 is 2.14 bits per heavy atom. The molecule has 0 fully saturated rings. The van der Waals surface area contributed by atoms with Crippen molar-refractivity contribution in [3.63, 3.8) is 0 Å². The largest absolute Gasteiger partial charge is 0.347 e. The number of anilines is 1. The topological polar surface area (TPSA) is 58.2 Å². The maximum absolute atomic E-state index is 11.9. The standard InChI is InChI=1S/C16H14Cl2N2O2/c17-13-7-4-8-14(18)12(13)9-15(21)19-10-16(22)20-11-5-2-1-3-6-11/h1-8H,9-10H2,(H,19,21)(H,20,22). The van der Waals surface area contributed by atoms with Gasteiger partial charge in [0.05, 0.1) is 13.0 Å². The molecule has 0 aliphatic carbocycles. The Balaban J connectivity index is 1.84. The minimum atomic E-state index is -0.321. The van der Waals surface area contributed by atoms with Crippen LogP contribution in [0.4, 0.5) is 5.69 Å².